The van der Waals surface area contributed by atoms with Gasteiger partial charge in [-0.15, -0.1) is 13.2 Å². The topological polar surface area (TPSA) is 0 Å². The molecule has 0 amide bonds. The summed E-state index contributed by atoms with van der Waals surface area (Å²) >= 11 is 0. The lowest BCUT2D eigenvalue weighted by atomic mass is 9.98. The number of alkyl halides is 3. The van der Waals surface area contributed by atoms with E-state index in [0.29, 0.717) is 9.58 Å². The number of fused-ring (bicyclic) bond motifs is 1. The molecule has 0 bridgehead atoms. The zero-order valence-corrected chi connectivity index (χ0v) is 15.1. The molecule has 1 unspecified atom stereocenters. The highest BCUT2D eigenvalue weighted by atomic mass is 127. The maximum Gasteiger partial charge on any atom is 0.600 e. The molecule has 2 aromatic rings. The number of thiophene rings is 1. The third kappa shape index (κ3) is 3.55. The molecule has 0 radical (unpaired) electrons. The van der Waals surface area contributed by atoms with E-state index in [-0.39, 0.29) is 29.9 Å². The van der Waals surface area contributed by atoms with E-state index < -0.39 is 16.0 Å². The van der Waals surface area contributed by atoms with Crippen LogP contribution in [0.1, 0.15) is 49.3 Å². The SMILES string of the molecule is FC(F)(F)[s+]1c(C2CCCCCC2)cc2ccccc21.[IH2+]. The first-order valence-corrected chi connectivity index (χ1v) is 8.41. The van der Waals surface area contributed by atoms with Gasteiger partial charge in [0.1, 0.15) is 0 Å². The minimum absolute atomic E-state index is 0. The normalized spacial score (nSPS) is 18.3. The molecule has 21 heavy (non-hydrogen) atoms. The summed E-state index contributed by atoms with van der Waals surface area (Å²) in [5.41, 5.74) is -4.15. The molecule has 0 nitrogen and oxygen atoms in total. The van der Waals surface area contributed by atoms with Crippen molar-refractivity contribution in [1.82, 2.24) is 0 Å². The fourth-order valence-electron chi connectivity index (χ4n) is 3.23. The van der Waals surface area contributed by atoms with Crippen LogP contribution in [-0.2, 0) is 5.51 Å². The van der Waals surface area contributed by atoms with Crippen molar-refractivity contribution >= 4 is 20.6 Å². The Morgan fingerprint density at radius 3 is 2.19 bits per heavy atom. The molecule has 1 atom stereocenters. The molecular formula is C16H20F3IS+2. The molecule has 1 aromatic carbocycles. The number of rotatable bonds is 1. The van der Waals surface area contributed by atoms with E-state index >= 15 is 0 Å². The zero-order valence-electron chi connectivity index (χ0n) is 11.7. The van der Waals surface area contributed by atoms with Crippen LogP contribution in [0.25, 0.3) is 10.1 Å². The molecule has 0 saturated heterocycles. The van der Waals surface area contributed by atoms with Crippen LogP contribution in [0.4, 0.5) is 13.2 Å². The Bertz CT molecular complexity index is 595. The van der Waals surface area contributed by atoms with E-state index in [4.69, 9.17) is 0 Å². The van der Waals surface area contributed by atoms with E-state index in [1.807, 2.05) is 18.2 Å². The van der Waals surface area contributed by atoms with Gasteiger partial charge in [-0.1, -0.05) is 37.8 Å². The lowest BCUT2D eigenvalue weighted by molar-refractivity contribution is -0.0868. The van der Waals surface area contributed by atoms with Crippen LogP contribution >= 0.6 is 10.5 Å². The molecule has 1 aromatic heterocycles. The second kappa shape index (κ2) is 6.86. The number of halogens is 4. The third-order valence-corrected chi connectivity index (χ3v) is 6.36. The number of benzene rings is 1. The van der Waals surface area contributed by atoms with Crippen LogP contribution in [0.3, 0.4) is 0 Å². The Balaban J connectivity index is 0.00000161. The summed E-state index contributed by atoms with van der Waals surface area (Å²) in [5.74, 6) is 0.120. The van der Waals surface area contributed by atoms with Gasteiger partial charge in [-0.3, -0.25) is 0 Å². The van der Waals surface area contributed by atoms with Crippen LogP contribution in [0.15, 0.2) is 30.3 Å². The highest BCUT2D eigenvalue weighted by molar-refractivity contribution is 7.38. The maximum atomic E-state index is 13.5. The minimum atomic E-state index is -4.15. The van der Waals surface area contributed by atoms with Gasteiger partial charge < -0.3 is 0 Å². The van der Waals surface area contributed by atoms with Crippen LogP contribution in [0, 0.1) is 0 Å². The monoisotopic (exact) mass is 428 g/mol. The van der Waals surface area contributed by atoms with Crippen molar-refractivity contribution in [2.24, 2.45) is 0 Å². The first-order chi connectivity index (χ1) is 9.57. The molecule has 3 rings (SSSR count). The summed E-state index contributed by atoms with van der Waals surface area (Å²) in [6.45, 7) is 0. The van der Waals surface area contributed by atoms with Crippen molar-refractivity contribution in [2.75, 3.05) is 0 Å². The van der Waals surface area contributed by atoms with Gasteiger partial charge in [-0.05, 0) is 25.0 Å². The predicted molar refractivity (Wildman–Crippen MR) is 81.0 cm³/mol. The second-order valence-electron chi connectivity index (χ2n) is 5.52. The number of hydrogen-bond acceptors (Lipinski definition) is 0. The summed E-state index contributed by atoms with van der Waals surface area (Å²) in [6, 6.07) is 8.82. The lowest BCUT2D eigenvalue weighted by Gasteiger charge is -2.10. The smallest absolute Gasteiger partial charge is 0.118 e. The molecule has 1 saturated carbocycles. The first kappa shape index (κ1) is 17.1. The van der Waals surface area contributed by atoms with Gasteiger partial charge in [-0.2, -0.15) is 0 Å². The van der Waals surface area contributed by atoms with Gasteiger partial charge in [0.05, 0.1) is 10.5 Å². The molecular weight excluding hydrogens is 408 g/mol. The van der Waals surface area contributed by atoms with E-state index in [9.17, 15) is 13.2 Å². The van der Waals surface area contributed by atoms with Crippen molar-refractivity contribution in [3.63, 3.8) is 0 Å². The maximum absolute atomic E-state index is 13.5. The molecule has 5 heteroatoms. The predicted octanol–water partition coefficient (Wildman–Crippen LogP) is 2.97. The molecule has 1 heterocycles. The lowest BCUT2D eigenvalue weighted by Crippen LogP contribution is -3.00. The average Bonchev–Trinajstić information content (AvgIpc) is 2.59. The van der Waals surface area contributed by atoms with E-state index in [0.717, 1.165) is 43.9 Å². The fraction of sp³-hybridized carbons (Fsp3) is 0.500. The highest BCUT2D eigenvalue weighted by Crippen LogP contribution is 2.54. The van der Waals surface area contributed by atoms with E-state index in [1.165, 1.54) is 0 Å². The molecule has 0 N–H and O–H groups in total. The fourth-order valence-corrected chi connectivity index (χ4v) is 5.39. The zero-order chi connectivity index (χ0) is 14.2. The quantitative estimate of drug-likeness (QED) is 0.372. The first-order valence-electron chi connectivity index (χ1n) is 7.19. The minimum Gasteiger partial charge on any atom is -0.118 e. The van der Waals surface area contributed by atoms with Gasteiger partial charge in [0.2, 0.25) is 24.0 Å². The van der Waals surface area contributed by atoms with E-state index in [2.05, 4.69) is 0 Å². The van der Waals surface area contributed by atoms with Gasteiger partial charge >= 0.3 is 5.51 Å². The number of hydrogen-bond donors (Lipinski definition) is 0. The highest BCUT2D eigenvalue weighted by Gasteiger charge is 2.49. The molecule has 1 aliphatic carbocycles. The summed E-state index contributed by atoms with van der Waals surface area (Å²) < 4.78 is 41.0. The Labute approximate surface area is 142 Å². The van der Waals surface area contributed by atoms with Crippen LogP contribution in [-0.4, -0.2) is 0 Å². The molecule has 0 spiro atoms. The summed E-state index contributed by atoms with van der Waals surface area (Å²) in [5, 5.41) is 0.771. The standard InChI is InChI=1S/C16H18F3S.H2I/c17-16(18,19)20-14-10-6-5-9-13(14)11-15(20)12-7-3-1-2-4-8-12;/h5-6,9-12H,1-4,7-8H2;1H2/q2*+1. The van der Waals surface area contributed by atoms with Crippen molar-refractivity contribution in [2.45, 2.75) is 50.0 Å². The van der Waals surface area contributed by atoms with Crippen molar-refractivity contribution in [3.05, 3.63) is 35.2 Å². The van der Waals surface area contributed by atoms with Crippen LogP contribution < -0.4 is 24.0 Å². The Morgan fingerprint density at radius 1 is 0.952 bits per heavy atom. The van der Waals surface area contributed by atoms with Gasteiger partial charge in [-0.25, -0.2) is 0 Å². The Kier molecular flexibility index (Phi) is 5.57. The average molecular weight is 428 g/mol. The largest absolute Gasteiger partial charge is 0.600 e. The Hall–Kier alpha value is -0.300. The van der Waals surface area contributed by atoms with Gasteiger partial charge in [0.25, 0.3) is 0 Å². The third-order valence-electron chi connectivity index (χ3n) is 4.16. The molecule has 1 aliphatic rings. The second-order valence-corrected chi connectivity index (χ2v) is 7.51. The van der Waals surface area contributed by atoms with Crippen molar-refractivity contribution < 1.29 is 37.1 Å². The summed E-state index contributed by atoms with van der Waals surface area (Å²) in [4.78, 5) is 0.639. The Morgan fingerprint density at radius 2 is 1.57 bits per heavy atom. The van der Waals surface area contributed by atoms with Crippen LogP contribution in [0.2, 0.25) is 0 Å². The van der Waals surface area contributed by atoms with E-state index in [1.54, 1.807) is 12.1 Å². The summed E-state index contributed by atoms with van der Waals surface area (Å²) in [6.07, 6.45) is 6.28. The van der Waals surface area contributed by atoms with Crippen LogP contribution in [0.5, 0.6) is 0 Å². The molecule has 1 fully saturated rings. The van der Waals surface area contributed by atoms with Gasteiger partial charge in [0, 0.05) is 17.4 Å². The molecule has 116 valence electrons. The van der Waals surface area contributed by atoms with Crippen molar-refractivity contribution in [1.29, 1.82) is 0 Å². The van der Waals surface area contributed by atoms with Crippen molar-refractivity contribution in [3.8, 4) is 0 Å². The van der Waals surface area contributed by atoms with Gasteiger partial charge in [0.15, 0.2) is 9.58 Å². The summed E-state index contributed by atoms with van der Waals surface area (Å²) in [7, 11) is -1.70. The molecule has 0 aliphatic heterocycles.